The third-order valence-corrected chi connectivity index (χ3v) is 3.70. The molecule has 3 N–H and O–H groups in total. The molecule has 1 unspecified atom stereocenters. The van der Waals surface area contributed by atoms with Gasteiger partial charge in [-0.05, 0) is 24.1 Å². The lowest BCUT2D eigenvalue weighted by Crippen LogP contribution is -2.28. The van der Waals surface area contributed by atoms with Gasteiger partial charge in [-0.15, -0.1) is 11.8 Å². The molecule has 0 aromatic heterocycles. The van der Waals surface area contributed by atoms with E-state index >= 15 is 0 Å². The first kappa shape index (κ1) is 16.3. The molecule has 1 rings (SSSR count). The number of carbonyl (C=O) groups excluding carboxylic acids is 1. The van der Waals surface area contributed by atoms with Crippen LogP contribution in [0.1, 0.15) is 5.56 Å². The molecule has 1 aromatic rings. The SMILES string of the molecule is O=C(CSCC(O)CO)NCCc1cccc(Cl)c1. The first-order valence-corrected chi connectivity index (χ1v) is 7.53. The van der Waals surface area contributed by atoms with Gasteiger partial charge in [-0.2, -0.15) is 0 Å². The second-order valence-electron chi connectivity index (χ2n) is 4.08. The highest BCUT2D eigenvalue weighted by atomic mass is 35.5. The molecular weight excluding hydrogens is 286 g/mol. The van der Waals surface area contributed by atoms with Gasteiger partial charge < -0.3 is 15.5 Å². The fraction of sp³-hybridized carbons (Fsp3) is 0.462. The molecule has 106 valence electrons. The molecule has 1 aromatic carbocycles. The van der Waals surface area contributed by atoms with Crippen LogP contribution in [0, 0.1) is 0 Å². The van der Waals surface area contributed by atoms with Crippen molar-refractivity contribution in [3.63, 3.8) is 0 Å². The summed E-state index contributed by atoms with van der Waals surface area (Å²) in [5, 5.41) is 21.2. The first-order valence-electron chi connectivity index (χ1n) is 5.99. The molecule has 19 heavy (non-hydrogen) atoms. The molecule has 1 amide bonds. The van der Waals surface area contributed by atoms with Crippen LogP contribution in [-0.4, -0.2) is 46.9 Å². The van der Waals surface area contributed by atoms with Crippen LogP contribution in [0.5, 0.6) is 0 Å². The summed E-state index contributed by atoms with van der Waals surface area (Å²) in [6.07, 6.45) is -0.0276. The number of hydrogen-bond donors (Lipinski definition) is 3. The number of rotatable bonds is 8. The molecule has 0 saturated carbocycles. The van der Waals surface area contributed by atoms with Crippen molar-refractivity contribution in [2.45, 2.75) is 12.5 Å². The number of aliphatic hydroxyl groups excluding tert-OH is 2. The summed E-state index contributed by atoms with van der Waals surface area (Å²) in [6, 6.07) is 7.53. The minimum atomic E-state index is -0.760. The zero-order chi connectivity index (χ0) is 14.1. The van der Waals surface area contributed by atoms with Crippen molar-refractivity contribution in [1.82, 2.24) is 5.32 Å². The van der Waals surface area contributed by atoms with Gasteiger partial charge in [0.15, 0.2) is 0 Å². The van der Waals surface area contributed by atoms with Gasteiger partial charge in [0.25, 0.3) is 0 Å². The van der Waals surface area contributed by atoms with E-state index in [1.54, 1.807) is 0 Å². The maximum atomic E-state index is 11.5. The second kappa shape index (κ2) is 9.20. The molecule has 1 atom stereocenters. The Labute approximate surface area is 122 Å². The highest BCUT2D eigenvalue weighted by molar-refractivity contribution is 7.99. The summed E-state index contributed by atoms with van der Waals surface area (Å²) in [7, 11) is 0. The van der Waals surface area contributed by atoms with Gasteiger partial charge in [-0.1, -0.05) is 23.7 Å². The second-order valence-corrected chi connectivity index (χ2v) is 5.55. The van der Waals surface area contributed by atoms with Crippen molar-refractivity contribution < 1.29 is 15.0 Å². The van der Waals surface area contributed by atoms with Gasteiger partial charge in [-0.25, -0.2) is 0 Å². The van der Waals surface area contributed by atoms with Crippen molar-refractivity contribution in [3.05, 3.63) is 34.9 Å². The Hall–Kier alpha value is -0.750. The quantitative estimate of drug-likeness (QED) is 0.672. The molecule has 0 fully saturated rings. The van der Waals surface area contributed by atoms with Crippen LogP contribution in [0.4, 0.5) is 0 Å². The Kier molecular flexibility index (Phi) is 7.90. The minimum Gasteiger partial charge on any atom is -0.394 e. The minimum absolute atomic E-state index is 0.0721. The molecule has 0 spiro atoms. The number of halogens is 1. The van der Waals surface area contributed by atoms with E-state index in [1.807, 2.05) is 24.3 Å². The molecule has 0 aliphatic rings. The third kappa shape index (κ3) is 7.42. The molecular formula is C13H18ClNO3S. The van der Waals surface area contributed by atoms with E-state index in [1.165, 1.54) is 11.8 Å². The van der Waals surface area contributed by atoms with Crippen molar-refractivity contribution in [1.29, 1.82) is 0 Å². The number of nitrogens with one attached hydrogen (secondary N) is 1. The van der Waals surface area contributed by atoms with Crippen LogP contribution < -0.4 is 5.32 Å². The van der Waals surface area contributed by atoms with Crippen molar-refractivity contribution in [3.8, 4) is 0 Å². The number of hydrogen-bond acceptors (Lipinski definition) is 4. The number of carbonyl (C=O) groups is 1. The molecule has 0 radical (unpaired) electrons. The topological polar surface area (TPSA) is 69.6 Å². The molecule has 0 saturated heterocycles. The van der Waals surface area contributed by atoms with Gasteiger partial charge >= 0.3 is 0 Å². The molecule has 0 aliphatic heterocycles. The maximum absolute atomic E-state index is 11.5. The Morgan fingerprint density at radius 3 is 2.95 bits per heavy atom. The summed E-state index contributed by atoms with van der Waals surface area (Å²) in [4.78, 5) is 11.5. The zero-order valence-corrected chi connectivity index (χ0v) is 12.1. The third-order valence-electron chi connectivity index (χ3n) is 2.38. The van der Waals surface area contributed by atoms with Crippen LogP contribution in [0.25, 0.3) is 0 Å². The van der Waals surface area contributed by atoms with Crippen molar-refractivity contribution in [2.75, 3.05) is 24.7 Å². The normalized spacial score (nSPS) is 12.2. The Morgan fingerprint density at radius 1 is 1.47 bits per heavy atom. The van der Waals surface area contributed by atoms with E-state index in [4.69, 9.17) is 21.8 Å². The fourth-order valence-corrected chi connectivity index (χ4v) is 2.43. The van der Waals surface area contributed by atoms with Gasteiger partial charge in [0.2, 0.25) is 5.91 Å². The van der Waals surface area contributed by atoms with Crippen LogP contribution in [0.15, 0.2) is 24.3 Å². The van der Waals surface area contributed by atoms with Crippen LogP contribution in [-0.2, 0) is 11.2 Å². The highest BCUT2D eigenvalue weighted by Gasteiger charge is 2.05. The molecule has 6 heteroatoms. The van der Waals surface area contributed by atoms with E-state index in [-0.39, 0.29) is 18.3 Å². The number of benzene rings is 1. The van der Waals surface area contributed by atoms with E-state index < -0.39 is 6.10 Å². The molecule has 4 nitrogen and oxygen atoms in total. The van der Waals surface area contributed by atoms with Gasteiger partial charge in [0.05, 0.1) is 18.5 Å². The van der Waals surface area contributed by atoms with Crippen molar-refractivity contribution in [2.24, 2.45) is 0 Å². The molecule has 0 aliphatic carbocycles. The summed E-state index contributed by atoms with van der Waals surface area (Å²) in [5.74, 6) is 0.572. The predicted octanol–water partition coefficient (Wildman–Crippen LogP) is 1.09. The smallest absolute Gasteiger partial charge is 0.230 e. The molecule has 0 bridgehead atoms. The van der Waals surface area contributed by atoms with E-state index in [0.717, 1.165) is 12.0 Å². The average Bonchev–Trinajstić information content (AvgIpc) is 2.38. The van der Waals surface area contributed by atoms with Crippen LogP contribution in [0.2, 0.25) is 5.02 Å². The number of thioether (sulfide) groups is 1. The largest absolute Gasteiger partial charge is 0.394 e. The fourth-order valence-electron chi connectivity index (χ4n) is 1.43. The molecule has 0 heterocycles. The summed E-state index contributed by atoms with van der Waals surface area (Å²) in [6.45, 7) is 0.283. The Balaban J connectivity index is 2.13. The van der Waals surface area contributed by atoms with Gasteiger partial charge in [0.1, 0.15) is 0 Å². The van der Waals surface area contributed by atoms with E-state index in [2.05, 4.69) is 5.32 Å². The lowest BCUT2D eigenvalue weighted by Gasteiger charge is -2.07. The average molecular weight is 304 g/mol. The zero-order valence-electron chi connectivity index (χ0n) is 10.5. The summed E-state index contributed by atoms with van der Waals surface area (Å²) >= 11 is 7.16. The van der Waals surface area contributed by atoms with Crippen LogP contribution >= 0.6 is 23.4 Å². The summed E-state index contributed by atoms with van der Waals surface area (Å²) in [5.41, 5.74) is 1.08. The van der Waals surface area contributed by atoms with Crippen LogP contribution in [0.3, 0.4) is 0 Å². The van der Waals surface area contributed by atoms with Crippen molar-refractivity contribution >= 4 is 29.3 Å². The Morgan fingerprint density at radius 2 is 2.26 bits per heavy atom. The number of aliphatic hydroxyl groups is 2. The van der Waals surface area contributed by atoms with Gasteiger partial charge in [0, 0.05) is 17.3 Å². The lowest BCUT2D eigenvalue weighted by atomic mass is 10.1. The van der Waals surface area contributed by atoms with E-state index in [9.17, 15) is 4.79 Å². The monoisotopic (exact) mass is 303 g/mol. The highest BCUT2D eigenvalue weighted by Crippen LogP contribution is 2.10. The first-order chi connectivity index (χ1) is 9.11. The Bertz CT molecular complexity index is 403. The summed E-state index contributed by atoms with van der Waals surface area (Å²) < 4.78 is 0. The van der Waals surface area contributed by atoms with E-state index in [0.29, 0.717) is 17.3 Å². The number of amides is 1. The standard InChI is InChI=1S/C13H18ClNO3S/c14-11-3-1-2-10(6-11)4-5-15-13(18)9-19-8-12(17)7-16/h1-3,6,12,16-17H,4-5,7-9H2,(H,15,18). The van der Waals surface area contributed by atoms with Gasteiger partial charge in [-0.3, -0.25) is 4.79 Å². The maximum Gasteiger partial charge on any atom is 0.230 e. The predicted molar refractivity (Wildman–Crippen MR) is 78.6 cm³/mol. The lowest BCUT2D eigenvalue weighted by molar-refractivity contribution is -0.118.